The molecule has 2 nitrogen and oxygen atoms in total. The monoisotopic (exact) mass is 216 g/mol. The third-order valence-corrected chi connectivity index (χ3v) is 2.37. The molecule has 84 valence electrons. The number of rotatable bonds is 5. The van der Waals surface area contributed by atoms with Crippen LogP contribution < -0.4 is 0 Å². The maximum Gasteiger partial charge on any atom is 0.307 e. The Hall–Kier alpha value is -1.75. The van der Waals surface area contributed by atoms with Crippen LogP contribution in [0, 0.1) is 12.3 Å². The summed E-state index contributed by atoms with van der Waals surface area (Å²) in [7, 11) is 0. The van der Waals surface area contributed by atoms with E-state index >= 15 is 0 Å². The highest BCUT2D eigenvalue weighted by Gasteiger charge is 2.02. The zero-order valence-corrected chi connectivity index (χ0v) is 9.53. The Morgan fingerprint density at radius 3 is 2.50 bits per heavy atom. The molecular weight excluding hydrogens is 200 g/mol. The van der Waals surface area contributed by atoms with E-state index < -0.39 is 0 Å². The molecule has 0 aliphatic rings. The van der Waals surface area contributed by atoms with Crippen LogP contribution >= 0.6 is 0 Å². The molecule has 0 aromatic heterocycles. The van der Waals surface area contributed by atoms with Crippen molar-refractivity contribution in [2.75, 3.05) is 6.61 Å². The third-order valence-electron chi connectivity index (χ3n) is 2.37. The smallest absolute Gasteiger partial charge is 0.307 e. The maximum absolute atomic E-state index is 11.2. The first-order chi connectivity index (χ1) is 7.76. The molecule has 0 heterocycles. The van der Waals surface area contributed by atoms with E-state index in [1.54, 1.807) is 0 Å². The fourth-order valence-corrected chi connectivity index (χ4v) is 1.38. The highest BCUT2D eigenvalue weighted by molar-refractivity contribution is 5.69. The van der Waals surface area contributed by atoms with Gasteiger partial charge in [-0.1, -0.05) is 37.1 Å². The lowest BCUT2D eigenvalue weighted by Gasteiger charge is -2.03. The molecule has 0 amide bonds. The van der Waals surface area contributed by atoms with Crippen LogP contribution in [0.4, 0.5) is 0 Å². The Morgan fingerprint density at radius 2 is 1.94 bits per heavy atom. The van der Waals surface area contributed by atoms with Crippen molar-refractivity contribution in [3.8, 4) is 12.3 Å². The summed E-state index contributed by atoms with van der Waals surface area (Å²) in [5, 5.41) is 0. The summed E-state index contributed by atoms with van der Waals surface area (Å²) in [4.78, 5) is 11.2. The van der Waals surface area contributed by atoms with Crippen LogP contribution in [0.2, 0.25) is 0 Å². The average molecular weight is 216 g/mol. The molecule has 0 atom stereocenters. The predicted molar refractivity (Wildman–Crippen MR) is 63.9 cm³/mol. The van der Waals surface area contributed by atoms with Crippen molar-refractivity contribution >= 4 is 5.97 Å². The fourth-order valence-electron chi connectivity index (χ4n) is 1.38. The van der Waals surface area contributed by atoms with Gasteiger partial charge in [0.25, 0.3) is 0 Å². The number of terminal acetylenes is 1. The van der Waals surface area contributed by atoms with Crippen molar-refractivity contribution in [2.45, 2.75) is 26.2 Å². The van der Waals surface area contributed by atoms with E-state index in [0.29, 0.717) is 12.8 Å². The van der Waals surface area contributed by atoms with Gasteiger partial charge >= 0.3 is 5.97 Å². The molecule has 2 heteroatoms. The lowest BCUT2D eigenvalue weighted by atomic mass is 10.1. The van der Waals surface area contributed by atoms with E-state index in [1.165, 1.54) is 5.56 Å². The number of carbonyl (C=O) groups excluding carboxylic acids is 1. The number of esters is 1. The average Bonchev–Trinajstić information content (AvgIpc) is 2.34. The van der Waals surface area contributed by atoms with Crippen LogP contribution in [0.5, 0.6) is 0 Å². The minimum atomic E-state index is -0.238. The van der Waals surface area contributed by atoms with Gasteiger partial charge in [0.15, 0.2) is 6.61 Å². The molecule has 0 saturated heterocycles. The van der Waals surface area contributed by atoms with Gasteiger partial charge in [-0.2, -0.15) is 0 Å². The summed E-state index contributed by atoms with van der Waals surface area (Å²) in [6.07, 6.45) is 7.10. The Kier molecular flexibility index (Phi) is 5.15. The Bertz CT molecular complexity index is 371. The van der Waals surface area contributed by atoms with Crippen LogP contribution in [0.3, 0.4) is 0 Å². The van der Waals surface area contributed by atoms with Gasteiger partial charge in [-0.3, -0.25) is 4.79 Å². The normalized spacial score (nSPS) is 9.50. The summed E-state index contributed by atoms with van der Waals surface area (Å²) in [5.41, 5.74) is 2.45. The van der Waals surface area contributed by atoms with Crippen LogP contribution in [-0.2, 0) is 22.4 Å². The molecule has 0 unspecified atom stereocenters. The quantitative estimate of drug-likeness (QED) is 0.558. The van der Waals surface area contributed by atoms with Gasteiger partial charge in [-0.25, -0.2) is 0 Å². The van der Waals surface area contributed by atoms with Crippen LogP contribution in [0.15, 0.2) is 24.3 Å². The Balaban J connectivity index is 2.37. The topological polar surface area (TPSA) is 26.3 Å². The van der Waals surface area contributed by atoms with Gasteiger partial charge < -0.3 is 4.74 Å². The molecule has 0 aliphatic carbocycles. The molecule has 0 bridgehead atoms. The lowest BCUT2D eigenvalue weighted by molar-refractivity contribution is -0.142. The van der Waals surface area contributed by atoms with E-state index in [-0.39, 0.29) is 12.6 Å². The van der Waals surface area contributed by atoms with Gasteiger partial charge in [-0.05, 0) is 24.0 Å². The molecule has 0 radical (unpaired) electrons. The van der Waals surface area contributed by atoms with Crippen LogP contribution in [0.25, 0.3) is 0 Å². The van der Waals surface area contributed by atoms with Crippen molar-refractivity contribution in [1.29, 1.82) is 0 Å². The number of hydrogen-bond donors (Lipinski definition) is 0. The molecule has 0 fully saturated rings. The first-order valence-corrected chi connectivity index (χ1v) is 5.43. The molecule has 1 rings (SSSR count). The fraction of sp³-hybridized carbons (Fsp3) is 0.357. The molecule has 0 spiro atoms. The molecule has 1 aromatic carbocycles. The summed E-state index contributed by atoms with van der Waals surface area (Å²) in [6.45, 7) is 2.18. The Labute approximate surface area is 96.6 Å². The van der Waals surface area contributed by atoms with E-state index in [4.69, 9.17) is 11.2 Å². The highest BCUT2D eigenvalue weighted by atomic mass is 16.5. The minimum absolute atomic E-state index is 0.0631. The van der Waals surface area contributed by atoms with Crippen molar-refractivity contribution in [2.24, 2.45) is 0 Å². The van der Waals surface area contributed by atoms with Gasteiger partial charge in [0.05, 0.1) is 0 Å². The maximum atomic E-state index is 11.2. The molecule has 16 heavy (non-hydrogen) atoms. The van der Waals surface area contributed by atoms with Gasteiger partial charge in [-0.15, -0.1) is 6.42 Å². The van der Waals surface area contributed by atoms with Crippen molar-refractivity contribution in [3.63, 3.8) is 0 Å². The molecule has 0 aliphatic heterocycles. The number of hydrogen-bond acceptors (Lipinski definition) is 2. The summed E-state index contributed by atoms with van der Waals surface area (Å²) in [5.74, 6) is 2.03. The standard InChI is InChI=1S/C14H16O2/c1-3-11-16-14(15)10-9-13-7-5-12(4-2)6-8-13/h1,5-8H,4,9-11H2,2H3. The second kappa shape index (κ2) is 6.68. The zero-order chi connectivity index (χ0) is 11.8. The number of carbonyl (C=O) groups is 1. The minimum Gasteiger partial charge on any atom is -0.452 e. The SMILES string of the molecule is C#CCOC(=O)CCc1ccc(CC)cc1. The second-order valence-electron chi connectivity index (χ2n) is 3.53. The predicted octanol–water partition coefficient (Wildman–Crippen LogP) is 2.36. The first-order valence-electron chi connectivity index (χ1n) is 5.43. The van der Waals surface area contributed by atoms with Gasteiger partial charge in [0.1, 0.15) is 0 Å². The largest absolute Gasteiger partial charge is 0.452 e. The van der Waals surface area contributed by atoms with E-state index in [0.717, 1.165) is 12.0 Å². The molecular formula is C14H16O2. The van der Waals surface area contributed by atoms with E-state index in [1.807, 2.05) is 12.1 Å². The first kappa shape index (κ1) is 12.3. The van der Waals surface area contributed by atoms with E-state index in [9.17, 15) is 4.79 Å². The van der Waals surface area contributed by atoms with Crippen LogP contribution in [0.1, 0.15) is 24.5 Å². The molecule has 0 saturated carbocycles. The van der Waals surface area contributed by atoms with Crippen molar-refractivity contribution in [3.05, 3.63) is 35.4 Å². The van der Waals surface area contributed by atoms with Crippen molar-refractivity contribution in [1.82, 2.24) is 0 Å². The Morgan fingerprint density at radius 1 is 1.31 bits per heavy atom. The molecule has 1 aromatic rings. The van der Waals surface area contributed by atoms with Gasteiger partial charge in [0, 0.05) is 6.42 Å². The number of ether oxygens (including phenoxy) is 1. The summed E-state index contributed by atoms with van der Waals surface area (Å²) < 4.78 is 4.78. The third kappa shape index (κ3) is 4.18. The van der Waals surface area contributed by atoms with E-state index in [2.05, 4.69) is 25.0 Å². The summed E-state index contributed by atoms with van der Waals surface area (Å²) in [6, 6.07) is 8.27. The summed E-state index contributed by atoms with van der Waals surface area (Å²) >= 11 is 0. The second-order valence-corrected chi connectivity index (χ2v) is 3.53. The van der Waals surface area contributed by atoms with Gasteiger partial charge in [0.2, 0.25) is 0 Å². The number of aryl methyl sites for hydroxylation is 2. The van der Waals surface area contributed by atoms with Crippen molar-refractivity contribution < 1.29 is 9.53 Å². The number of benzene rings is 1. The lowest BCUT2D eigenvalue weighted by Crippen LogP contribution is -2.05. The molecule has 0 N–H and O–H groups in total. The van der Waals surface area contributed by atoms with Crippen LogP contribution in [-0.4, -0.2) is 12.6 Å². The zero-order valence-electron chi connectivity index (χ0n) is 9.53. The highest BCUT2D eigenvalue weighted by Crippen LogP contribution is 2.07.